The molecule has 0 saturated carbocycles. The van der Waals surface area contributed by atoms with E-state index in [9.17, 15) is 14.9 Å². The van der Waals surface area contributed by atoms with Gasteiger partial charge in [0.15, 0.2) is 11.5 Å². The third-order valence-electron chi connectivity index (χ3n) is 6.93. The number of para-hydroxylation sites is 2. The van der Waals surface area contributed by atoms with E-state index in [1.54, 1.807) is 23.0 Å². The number of hydrogen-bond acceptors (Lipinski definition) is 9. The van der Waals surface area contributed by atoms with Crippen molar-refractivity contribution in [3.8, 4) is 34.3 Å². The number of rotatable bonds is 6. The van der Waals surface area contributed by atoms with Crippen LogP contribution in [0.2, 0.25) is 0 Å². The molecule has 206 valence electrons. The summed E-state index contributed by atoms with van der Waals surface area (Å²) < 4.78 is 14.5. The summed E-state index contributed by atoms with van der Waals surface area (Å²) in [5, 5.41) is 21.9. The first-order valence-corrected chi connectivity index (χ1v) is 13.6. The zero-order valence-corrected chi connectivity index (χ0v) is 23.0. The quantitative estimate of drug-likeness (QED) is 0.195. The van der Waals surface area contributed by atoms with Gasteiger partial charge in [-0.05, 0) is 43.3 Å². The maximum atomic E-state index is 13.5. The summed E-state index contributed by atoms with van der Waals surface area (Å²) in [5.74, 6) is 0.992. The number of aromatic nitrogens is 5. The molecule has 4 aromatic heterocycles. The Morgan fingerprint density at radius 2 is 1.83 bits per heavy atom. The predicted octanol–water partition coefficient (Wildman–Crippen LogP) is 5.19. The molecule has 3 aromatic carbocycles. The van der Waals surface area contributed by atoms with Gasteiger partial charge in [0.2, 0.25) is 10.8 Å². The summed E-state index contributed by atoms with van der Waals surface area (Å²) in [6.07, 6.45) is 3.48. The zero-order chi connectivity index (χ0) is 29.0. The highest BCUT2D eigenvalue weighted by Gasteiger charge is 2.21. The van der Waals surface area contributed by atoms with Crippen molar-refractivity contribution in [2.45, 2.75) is 6.92 Å². The van der Waals surface area contributed by atoms with Crippen LogP contribution in [0.3, 0.4) is 0 Å². The number of nitrogens with zero attached hydrogens (tertiary/aromatic N) is 6. The Hall–Kier alpha value is -5.62. The maximum Gasteiger partial charge on any atom is 0.311 e. The molecule has 11 nitrogen and oxygen atoms in total. The second-order valence-corrected chi connectivity index (χ2v) is 10.5. The van der Waals surface area contributed by atoms with E-state index < -0.39 is 4.92 Å². The lowest BCUT2D eigenvalue weighted by atomic mass is 10.1. The third kappa shape index (κ3) is 4.12. The average molecular weight is 577 g/mol. The maximum absolute atomic E-state index is 13.5. The molecule has 12 heteroatoms. The van der Waals surface area contributed by atoms with Crippen molar-refractivity contribution < 1.29 is 14.1 Å². The molecule has 42 heavy (non-hydrogen) atoms. The minimum Gasteiger partial charge on any atom is -0.490 e. The van der Waals surface area contributed by atoms with Crippen molar-refractivity contribution in [3.05, 3.63) is 115 Å². The van der Waals surface area contributed by atoms with E-state index >= 15 is 0 Å². The lowest BCUT2D eigenvalue weighted by Gasteiger charge is -2.04. The van der Waals surface area contributed by atoms with E-state index in [0.29, 0.717) is 37.9 Å². The van der Waals surface area contributed by atoms with Gasteiger partial charge in [-0.15, -0.1) is 5.10 Å². The fourth-order valence-electron chi connectivity index (χ4n) is 4.87. The lowest BCUT2D eigenvalue weighted by molar-refractivity contribution is -0.385. The van der Waals surface area contributed by atoms with Gasteiger partial charge in [0, 0.05) is 34.3 Å². The molecule has 0 spiro atoms. The number of aryl methyl sites for hydroxylation is 1. The van der Waals surface area contributed by atoms with Crippen LogP contribution in [0.25, 0.3) is 50.5 Å². The van der Waals surface area contributed by atoms with Crippen LogP contribution in [-0.4, -0.2) is 36.4 Å². The molecule has 0 aliphatic heterocycles. The molecule has 7 rings (SSSR count). The van der Waals surface area contributed by atoms with E-state index in [0.717, 1.165) is 22.2 Å². The van der Waals surface area contributed by atoms with Crippen molar-refractivity contribution in [2.24, 2.45) is 0 Å². The minimum absolute atomic E-state index is 0.139. The number of methoxy groups -OCH3 is 1. The largest absolute Gasteiger partial charge is 0.490 e. The van der Waals surface area contributed by atoms with Gasteiger partial charge >= 0.3 is 5.69 Å². The molecule has 0 fully saturated rings. The van der Waals surface area contributed by atoms with Crippen LogP contribution in [0.4, 0.5) is 5.69 Å². The molecule has 0 aliphatic rings. The van der Waals surface area contributed by atoms with E-state index in [4.69, 9.17) is 14.3 Å². The number of nitro benzene ring substituents is 1. The Kier molecular flexibility index (Phi) is 5.91. The summed E-state index contributed by atoms with van der Waals surface area (Å²) in [6.45, 7) is 1.93. The zero-order valence-electron chi connectivity index (χ0n) is 22.2. The second-order valence-electron chi connectivity index (χ2n) is 9.45. The molecular formula is C30H20N6O5S. The van der Waals surface area contributed by atoms with Crippen LogP contribution in [0.15, 0.2) is 88.2 Å². The van der Waals surface area contributed by atoms with E-state index in [2.05, 4.69) is 10.1 Å². The van der Waals surface area contributed by atoms with Crippen LogP contribution >= 0.6 is 11.3 Å². The smallest absolute Gasteiger partial charge is 0.311 e. The molecule has 4 heterocycles. The van der Waals surface area contributed by atoms with Crippen molar-refractivity contribution in [3.63, 3.8) is 0 Å². The summed E-state index contributed by atoms with van der Waals surface area (Å²) in [6, 6.07) is 21.8. The minimum atomic E-state index is -0.503. The lowest BCUT2D eigenvalue weighted by Crippen LogP contribution is -2.23. The number of ether oxygens (including phenoxy) is 1. The monoisotopic (exact) mass is 576 g/mol. The van der Waals surface area contributed by atoms with Crippen molar-refractivity contribution in [1.82, 2.24) is 24.4 Å². The molecule has 0 saturated heterocycles. The van der Waals surface area contributed by atoms with Crippen molar-refractivity contribution >= 4 is 39.0 Å². The van der Waals surface area contributed by atoms with Gasteiger partial charge in [-0.1, -0.05) is 47.7 Å². The number of thiazole rings is 1. The Bertz CT molecular complexity index is 2260. The number of hydrogen-bond donors (Lipinski definition) is 0. The van der Waals surface area contributed by atoms with Crippen molar-refractivity contribution in [1.29, 1.82) is 0 Å². The molecule has 0 atom stereocenters. The molecule has 0 unspecified atom stereocenters. The van der Waals surface area contributed by atoms with Gasteiger partial charge < -0.3 is 9.15 Å². The normalized spacial score (nSPS) is 12.0. The highest BCUT2D eigenvalue weighted by Crippen LogP contribution is 2.34. The standard InChI is InChI=1S/C30H20N6O5S/c1-17-21-10-6-7-11-23(21)41-27(17)28-31-30-35(33-28)29(37)25(42-30)15-19-16-34(20-8-4-3-5-9-20)32-26(19)18-12-13-24(40-2)22(14-18)36(38)39/h3-16H,1-2H3/b25-15-. The number of furan rings is 1. The van der Waals surface area contributed by atoms with Crippen LogP contribution in [0.5, 0.6) is 5.75 Å². The van der Waals surface area contributed by atoms with Crippen LogP contribution < -0.4 is 14.8 Å². The predicted molar refractivity (Wildman–Crippen MR) is 158 cm³/mol. The highest BCUT2D eigenvalue weighted by molar-refractivity contribution is 7.15. The molecule has 0 radical (unpaired) electrons. The first-order chi connectivity index (χ1) is 20.4. The van der Waals surface area contributed by atoms with Crippen LogP contribution in [0, 0.1) is 17.0 Å². The van der Waals surface area contributed by atoms with Gasteiger partial charge in [-0.2, -0.15) is 14.6 Å². The van der Waals surface area contributed by atoms with E-state index in [-0.39, 0.29) is 17.0 Å². The van der Waals surface area contributed by atoms with Gasteiger partial charge in [0.1, 0.15) is 11.3 Å². The Morgan fingerprint density at radius 3 is 2.57 bits per heavy atom. The Morgan fingerprint density at radius 1 is 1.05 bits per heavy atom. The molecule has 7 aromatic rings. The van der Waals surface area contributed by atoms with Gasteiger partial charge in [0.05, 0.1) is 22.3 Å². The van der Waals surface area contributed by atoms with E-state index in [1.165, 1.54) is 35.1 Å². The summed E-state index contributed by atoms with van der Waals surface area (Å²) in [5.41, 5.74) is 3.43. The van der Waals surface area contributed by atoms with Gasteiger partial charge in [0.25, 0.3) is 5.56 Å². The fourth-order valence-corrected chi connectivity index (χ4v) is 5.77. The molecule has 0 aliphatic carbocycles. The van der Waals surface area contributed by atoms with Crippen molar-refractivity contribution in [2.75, 3.05) is 7.11 Å². The van der Waals surface area contributed by atoms with Gasteiger partial charge in [-0.3, -0.25) is 14.9 Å². The molecule has 0 amide bonds. The second kappa shape index (κ2) is 9.78. The number of fused-ring (bicyclic) bond motifs is 2. The fraction of sp³-hybridized carbons (Fsp3) is 0.0667. The highest BCUT2D eigenvalue weighted by atomic mass is 32.1. The molecular weight excluding hydrogens is 556 g/mol. The summed E-state index contributed by atoms with van der Waals surface area (Å²) in [4.78, 5) is 29.7. The Balaban J connectivity index is 1.37. The van der Waals surface area contributed by atoms with Crippen LogP contribution in [-0.2, 0) is 0 Å². The first-order valence-electron chi connectivity index (χ1n) is 12.8. The third-order valence-corrected chi connectivity index (χ3v) is 7.89. The number of benzene rings is 3. The summed E-state index contributed by atoms with van der Waals surface area (Å²) >= 11 is 1.18. The van der Waals surface area contributed by atoms with E-state index in [1.807, 2.05) is 61.5 Å². The topological polar surface area (TPSA) is 131 Å². The van der Waals surface area contributed by atoms with Gasteiger partial charge in [-0.25, -0.2) is 4.68 Å². The molecule has 0 N–H and O–H groups in total. The Labute approximate surface area is 240 Å². The molecule has 0 bridgehead atoms. The van der Waals surface area contributed by atoms with Crippen LogP contribution in [0.1, 0.15) is 11.1 Å². The summed E-state index contributed by atoms with van der Waals surface area (Å²) in [7, 11) is 1.38. The first kappa shape index (κ1) is 25.4. The SMILES string of the molecule is COc1ccc(-c2nn(-c3ccccc3)cc2/C=c2\sc3nc(-c4oc5ccccc5c4C)nn3c2=O)cc1[N+](=O)[O-]. The number of nitro groups is 1. The average Bonchev–Trinajstić information content (AvgIpc) is 3.77.